The number of rotatable bonds is 12. The fourth-order valence-electron chi connectivity index (χ4n) is 7.19. The molecule has 0 aliphatic carbocycles. The van der Waals surface area contributed by atoms with Crippen molar-refractivity contribution in [1.29, 1.82) is 0 Å². The zero-order valence-electron chi connectivity index (χ0n) is 31.0. The first-order valence-corrected chi connectivity index (χ1v) is 17.7. The highest BCUT2D eigenvalue weighted by Gasteiger charge is 2.37. The number of allylic oxidation sites excluding steroid dienone is 1. The predicted octanol–water partition coefficient (Wildman–Crippen LogP) is 5.14. The van der Waals surface area contributed by atoms with Crippen LogP contribution >= 0.6 is 0 Å². The normalized spacial score (nSPS) is 16.3. The van der Waals surface area contributed by atoms with Crippen molar-refractivity contribution in [3.05, 3.63) is 75.4 Å². The molecule has 0 radical (unpaired) electrons. The van der Waals surface area contributed by atoms with Gasteiger partial charge in [0.25, 0.3) is 5.91 Å². The summed E-state index contributed by atoms with van der Waals surface area (Å²) in [7, 11) is 0. The lowest BCUT2D eigenvalue weighted by Crippen LogP contribution is -2.38. The molecule has 0 fully saturated rings. The molecule has 3 aromatic rings. The Morgan fingerprint density at radius 1 is 1.02 bits per heavy atom. The molecule has 0 spiro atoms. The van der Waals surface area contributed by atoms with Crippen molar-refractivity contribution < 1.29 is 34.5 Å². The number of carbonyl (C=O) groups excluding carboxylic acids is 1. The van der Waals surface area contributed by atoms with Gasteiger partial charge in [0.1, 0.15) is 6.04 Å². The smallest absolute Gasteiger partial charge is 0.338 e. The molecule has 2 aliphatic rings. The Morgan fingerprint density at radius 2 is 1.70 bits per heavy atom. The van der Waals surface area contributed by atoms with Crippen molar-refractivity contribution >= 4 is 69.1 Å². The Kier molecular flexibility index (Phi) is 11.5. The van der Waals surface area contributed by atoms with Gasteiger partial charge in [0.15, 0.2) is 5.96 Å². The largest absolute Gasteiger partial charge is 0.481 e. The van der Waals surface area contributed by atoms with E-state index in [4.69, 9.17) is 26.5 Å². The summed E-state index contributed by atoms with van der Waals surface area (Å²) in [5.74, 6) is -5.70. The molecule has 3 aromatic heterocycles. The molecule has 15 heteroatoms. The third-order valence-electron chi connectivity index (χ3n) is 10.3. The van der Waals surface area contributed by atoms with Crippen LogP contribution in [0.25, 0.3) is 39.3 Å². The maximum atomic E-state index is 14.4. The maximum Gasteiger partial charge on any atom is 0.338 e. The maximum absolute atomic E-state index is 14.4. The van der Waals surface area contributed by atoms with Gasteiger partial charge >= 0.3 is 17.9 Å². The third-order valence-corrected chi connectivity index (χ3v) is 10.3. The van der Waals surface area contributed by atoms with Gasteiger partial charge < -0.3 is 36.8 Å². The van der Waals surface area contributed by atoms with E-state index in [0.717, 1.165) is 44.3 Å². The van der Waals surface area contributed by atoms with E-state index in [1.807, 2.05) is 39.8 Å². The van der Waals surface area contributed by atoms with E-state index < -0.39 is 41.7 Å². The Morgan fingerprint density at radius 3 is 2.33 bits per heavy atom. The topological polar surface area (TPSA) is 263 Å². The van der Waals surface area contributed by atoms with Gasteiger partial charge in [-0.2, -0.15) is 0 Å². The number of aromatic amines is 2. The zero-order chi connectivity index (χ0) is 39.6. The summed E-state index contributed by atoms with van der Waals surface area (Å²) in [6.45, 7) is 13.6. The lowest BCUT2D eigenvalue weighted by Gasteiger charge is -2.18. The van der Waals surface area contributed by atoms with E-state index in [1.165, 1.54) is 0 Å². The van der Waals surface area contributed by atoms with Crippen molar-refractivity contribution in [3.8, 4) is 0 Å². The minimum atomic E-state index is -1.32. The van der Waals surface area contributed by atoms with E-state index in [1.54, 1.807) is 19.1 Å². The summed E-state index contributed by atoms with van der Waals surface area (Å²) in [6.07, 6.45) is 2.68. The summed E-state index contributed by atoms with van der Waals surface area (Å²) < 4.78 is 0. The quantitative estimate of drug-likeness (QED) is 0.0685. The second-order valence-electron chi connectivity index (χ2n) is 13.6. The minimum Gasteiger partial charge on any atom is -0.481 e. The Hall–Kier alpha value is -6.09. The fourth-order valence-corrected chi connectivity index (χ4v) is 7.19. The number of aryl methyl sites for hydroxylation is 3. The van der Waals surface area contributed by atoms with E-state index in [2.05, 4.69) is 26.9 Å². The van der Waals surface area contributed by atoms with Crippen LogP contribution in [0.1, 0.15) is 114 Å². The van der Waals surface area contributed by atoms with Gasteiger partial charge in [-0.05, 0) is 86.9 Å². The molecular formula is C39H46N8O7. The summed E-state index contributed by atoms with van der Waals surface area (Å²) in [5, 5.41) is 32.0. The Labute approximate surface area is 311 Å². The second kappa shape index (κ2) is 15.9. The average molecular weight is 739 g/mol. The zero-order valence-corrected chi connectivity index (χ0v) is 31.0. The van der Waals surface area contributed by atoms with Crippen LogP contribution in [0.5, 0.6) is 0 Å². The van der Waals surface area contributed by atoms with E-state index in [0.29, 0.717) is 23.4 Å². The number of amides is 1. The van der Waals surface area contributed by atoms with Gasteiger partial charge in [-0.1, -0.05) is 26.5 Å². The number of H-pyrrole nitrogens is 2. The number of aromatic nitrogens is 4. The van der Waals surface area contributed by atoms with Gasteiger partial charge in [-0.25, -0.2) is 9.78 Å². The predicted molar refractivity (Wildman–Crippen MR) is 207 cm³/mol. The monoisotopic (exact) mass is 738 g/mol. The second-order valence-corrected chi connectivity index (χ2v) is 13.6. The van der Waals surface area contributed by atoms with Gasteiger partial charge in [-0.3, -0.25) is 29.7 Å². The number of hydrogen-bond acceptors (Lipinski definition) is 8. The summed E-state index contributed by atoms with van der Waals surface area (Å²) >= 11 is 0. The summed E-state index contributed by atoms with van der Waals surface area (Å²) in [4.78, 5) is 71.4. The molecule has 54 heavy (non-hydrogen) atoms. The van der Waals surface area contributed by atoms with Crippen LogP contribution in [-0.4, -0.2) is 77.6 Å². The van der Waals surface area contributed by atoms with Crippen molar-refractivity contribution in [2.45, 2.75) is 84.6 Å². The first kappa shape index (κ1) is 39.1. The van der Waals surface area contributed by atoms with Crippen molar-refractivity contribution in [2.75, 3.05) is 6.54 Å². The lowest BCUT2D eigenvalue weighted by atomic mass is 9.85. The molecule has 284 valence electrons. The number of aliphatic carboxylic acids is 3. The highest BCUT2D eigenvalue weighted by Crippen LogP contribution is 2.43. The summed E-state index contributed by atoms with van der Waals surface area (Å²) in [5.41, 5.74) is 19.4. The molecule has 15 nitrogen and oxygen atoms in total. The molecule has 5 heterocycles. The number of fused-ring (bicyclic) bond motifs is 8. The van der Waals surface area contributed by atoms with E-state index in [9.17, 15) is 29.4 Å². The van der Waals surface area contributed by atoms with Gasteiger partial charge in [0.05, 0.1) is 28.2 Å². The summed E-state index contributed by atoms with van der Waals surface area (Å²) in [6, 6.07) is 4.55. The molecular weight excluding hydrogens is 692 g/mol. The standard InChI is InChI=1S/C39H46N8O7/c1-7-21-17(3)25-14-27-19(5)23(11-12-31(48)49)34(45-27)33(36(50)47-39(41)42-13-9-10-24(40)37(51)52)35-32(38(53)54)20(6)28(46-35)16-30-22(8-2)18(4)26(44-30)15-29(21)43-25/h7,14-16,19,23-24,43-44H,1,8-13,40H2,2-6H3,(H,48,49)(H,51,52)(H,53,54)(H3,41,42,47,50)/t19-,23-,24?/m0/s1. The van der Waals surface area contributed by atoms with Crippen LogP contribution in [0, 0.1) is 13.8 Å². The molecule has 8 bridgehead atoms. The molecule has 10 N–H and O–H groups in total. The molecule has 0 saturated heterocycles. The fraction of sp³-hybridized carbons (Fsp3) is 0.359. The first-order valence-electron chi connectivity index (χ1n) is 17.7. The van der Waals surface area contributed by atoms with Crippen LogP contribution in [0.4, 0.5) is 0 Å². The van der Waals surface area contributed by atoms with Gasteiger partial charge in [0.2, 0.25) is 0 Å². The number of guanidine groups is 1. The highest BCUT2D eigenvalue weighted by molar-refractivity contribution is 6.26. The SMILES string of the molecule is C=Cc1c(C)c2cc3nc(c(C(=O)NC(N)=NCCCC(N)C(=O)O)c4nc(cc5[nH]c(cc1[nH]2)c(C)c5CC)C(C)=C4C(=O)O)[C@@H](CCC(=O)O)[C@@H]3C. The van der Waals surface area contributed by atoms with Crippen LogP contribution in [0.2, 0.25) is 0 Å². The number of nitrogens with zero attached hydrogens (tertiary/aromatic N) is 3. The Bertz CT molecular complexity index is 2300. The number of hydrogen-bond donors (Lipinski definition) is 8. The average Bonchev–Trinajstić information content (AvgIpc) is 3.78. The first-order chi connectivity index (χ1) is 25.6. The molecule has 3 atom stereocenters. The number of carboxylic acid groups (broad SMARTS) is 3. The van der Waals surface area contributed by atoms with Crippen molar-refractivity contribution in [1.82, 2.24) is 25.3 Å². The van der Waals surface area contributed by atoms with Crippen LogP contribution in [-0.2, 0) is 20.8 Å². The van der Waals surface area contributed by atoms with Crippen LogP contribution in [0.3, 0.4) is 0 Å². The minimum absolute atomic E-state index is 0.0562. The van der Waals surface area contributed by atoms with Crippen LogP contribution < -0.4 is 16.8 Å². The molecule has 2 aliphatic heterocycles. The molecule has 0 saturated carbocycles. The van der Waals surface area contributed by atoms with E-state index >= 15 is 0 Å². The molecule has 5 rings (SSSR count). The number of carbonyl (C=O) groups is 4. The lowest BCUT2D eigenvalue weighted by molar-refractivity contribution is -0.139. The van der Waals surface area contributed by atoms with Gasteiger partial charge in [0, 0.05) is 58.1 Å². The molecule has 1 unspecified atom stereocenters. The van der Waals surface area contributed by atoms with Crippen molar-refractivity contribution in [3.63, 3.8) is 0 Å². The van der Waals surface area contributed by atoms with E-state index in [-0.39, 0.29) is 60.7 Å². The third kappa shape index (κ3) is 7.67. The molecule has 0 aromatic carbocycles. The van der Waals surface area contributed by atoms with Crippen LogP contribution in [0.15, 0.2) is 29.8 Å². The van der Waals surface area contributed by atoms with Crippen molar-refractivity contribution in [2.24, 2.45) is 16.5 Å². The Balaban J connectivity index is 1.88. The number of nitrogens with one attached hydrogen (secondary N) is 3. The number of nitrogens with two attached hydrogens (primary N) is 2. The van der Waals surface area contributed by atoms with Gasteiger partial charge in [-0.15, -0.1) is 0 Å². The molecule has 1 amide bonds. The number of aliphatic imine (C=N–C) groups is 1. The number of carboxylic acids is 3. The highest BCUT2D eigenvalue weighted by atomic mass is 16.4.